The molecule has 19 heavy (non-hydrogen) atoms. The van der Waals surface area contributed by atoms with Crippen LogP contribution >= 0.6 is 0 Å². The number of nitrogens with zero attached hydrogens (tertiary/aromatic N) is 1. The van der Waals surface area contributed by atoms with E-state index in [0.29, 0.717) is 0 Å². The maximum absolute atomic E-state index is 5.73. The highest BCUT2D eigenvalue weighted by molar-refractivity contribution is 5.50. The smallest absolute Gasteiger partial charge is 0.0491 e. The number of rotatable bonds is 2. The normalized spacial score (nSPS) is 26.1. The van der Waals surface area contributed by atoms with Gasteiger partial charge in [-0.1, -0.05) is 20.8 Å². The summed E-state index contributed by atoms with van der Waals surface area (Å²) in [5.74, 6) is 0.729. The number of nitrogen functional groups attached to an aromatic ring is 1. The average molecular weight is 261 g/mol. The van der Waals surface area contributed by atoms with Crippen LogP contribution in [0.5, 0.6) is 0 Å². The minimum atomic E-state index is 0.103. The van der Waals surface area contributed by atoms with Gasteiger partial charge >= 0.3 is 0 Å². The maximum atomic E-state index is 5.73. The number of piperidine rings is 1. The van der Waals surface area contributed by atoms with Crippen LogP contribution in [0.25, 0.3) is 0 Å². The van der Waals surface area contributed by atoms with Crippen LogP contribution in [0.15, 0.2) is 24.3 Å². The van der Waals surface area contributed by atoms with Crippen LogP contribution in [0.1, 0.15) is 41.0 Å². The first-order valence-corrected chi connectivity index (χ1v) is 7.15. The minimum absolute atomic E-state index is 0.103. The third kappa shape index (κ3) is 2.44. The summed E-state index contributed by atoms with van der Waals surface area (Å²) in [7, 11) is 0. The van der Waals surface area contributed by atoms with Gasteiger partial charge in [-0.25, -0.2) is 5.01 Å². The van der Waals surface area contributed by atoms with E-state index in [4.69, 9.17) is 5.73 Å². The van der Waals surface area contributed by atoms with E-state index in [9.17, 15) is 0 Å². The number of hydrazine groups is 1. The largest absolute Gasteiger partial charge is 0.399 e. The molecule has 3 nitrogen and oxygen atoms in total. The SMILES string of the molecule is CC1CCN(Nc2ccc(N)cc2)C(C)(C)C1(C)C. The number of hydrogen-bond donors (Lipinski definition) is 2. The molecule has 1 aliphatic heterocycles. The van der Waals surface area contributed by atoms with E-state index in [0.717, 1.165) is 23.8 Å². The van der Waals surface area contributed by atoms with Gasteiger partial charge in [0.1, 0.15) is 0 Å². The predicted octanol–water partition coefficient (Wildman–Crippen LogP) is 3.74. The van der Waals surface area contributed by atoms with E-state index < -0.39 is 0 Å². The van der Waals surface area contributed by atoms with Gasteiger partial charge in [0, 0.05) is 23.5 Å². The van der Waals surface area contributed by atoms with Gasteiger partial charge in [0.15, 0.2) is 0 Å². The Labute approximate surface area is 117 Å². The monoisotopic (exact) mass is 261 g/mol. The summed E-state index contributed by atoms with van der Waals surface area (Å²) in [6.07, 6.45) is 1.22. The number of nitrogens with two attached hydrogens (primary N) is 1. The lowest BCUT2D eigenvalue weighted by molar-refractivity contribution is -0.0515. The Morgan fingerprint density at radius 2 is 1.74 bits per heavy atom. The Kier molecular flexibility index (Phi) is 3.52. The zero-order valence-corrected chi connectivity index (χ0v) is 12.8. The van der Waals surface area contributed by atoms with Crippen LogP contribution < -0.4 is 11.2 Å². The Balaban J connectivity index is 2.18. The topological polar surface area (TPSA) is 41.3 Å². The Bertz CT molecular complexity index is 434. The summed E-state index contributed by atoms with van der Waals surface area (Å²) >= 11 is 0. The third-order valence-electron chi connectivity index (χ3n) is 5.44. The van der Waals surface area contributed by atoms with Gasteiger partial charge in [-0.15, -0.1) is 0 Å². The van der Waals surface area contributed by atoms with Gasteiger partial charge in [-0.2, -0.15) is 0 Å². The van der Waals surface area contributed by atoms with Gasteiger partial charge in [0.25, 0.3) is 0 Å². The molecular weight excluding hydrogens is 234 g/mol. The highest BCUT2D eigenvalue weighted by Gasteiger charge is 2.48. The van der Waals surface area contributed by atoms with E-state index in [2.05, 4.69) is 45.1 Å². The third-order valence-corrected chi connectivity index (χ3v) is 5.44. The van der Waals surface area contributed by atoms with Crippen molar-refractivity contribution in [3.63, 3.8) is 0 Å². The number of anilines is 2. The molecular formula is C16H27N3. The quantitative estimate of drug-likeness (QED) is 0.797. The van der Waals surface area contributed by atoms with Crippen molar-refractivity contribution in [2.75, 3.05) is 17.7 Å². The van der Waals surface area contributed by atoms with Crippen LogP contribution in [-0.4, -0.2) is 17.1 Å². The zero-order chi connectivity index (χ0) is 14.3. The first kappa shape index (κ1) is 14.2. The second kappa shape index (κ2) is 4.71. The summed E-state index contributed by atoms with van der Waals surface area (Å²) in [6.45, 7) is 12.8. The van der Waals surface area contributed by atoms with Crippen molar-refractivity contribution in [3.8, 4) is 0 Å². The lowest BCUT2D eigenvalue weighted by atomic mass is 9.63. The molecule has 1 unspecified atom stereocenters. The van der Waals surface area contributed by atoms with Crippen molar-refractivity contribution in [3.05, 3.63) is 24.3 Å². The molecule has 3 N–H and O–H groups in total. The molecule has 1 saturated heterocycles. The van der Waals surface area contributed by atoms with Crippen molar-refractivity contribution >= 4 is 11.4 Å². The van der Waals surface area contributed by atoms with Gasteiger partial charge in [-0.3, -0.25) is 0 Å². The second-order valence-corrected chi connectivity index (χ2v) is 6.86. The van der Waals surface area contributed by atoms with Gasteiger partial charge in [0.2, 0.25) is 0 Å². The highest BCUT2D eigenvalue weighted by Crippen LogP contribution is 2.46. The molecule has 1 aliphatic rings. The fourth-order valence-corrected chi connectivity index (χ4v) is 2.82. The van der Waals surface area contributed by atoms with Crippen molar-refractivity contribution < 1.29 is 0 Å². The molecule has 0 saturated carbocycles. The molecule has 0 aliphatic carbocycles. The fourth-order valence-electron chi connectivity index (χ4n) is 2.82. The van der Waals surface area contributed by atoms with Crippen LogP contribution in [0.2, 0.25) is 0 Å². The number of hydrogen-bond acceptors (Lipinski definition) is 3. The maximum Gasteiger partial charge on any atom is 0.0491 e. The highest BCUT2D eigenvalue weighted by atomic mass is 15.5. The molecule has 2 rings (SSSR count). The van der Waals surface area contributed by atoms with E-state index in [1.165, 1.54) is 6.42 Å². The van der Waals surface area contributed by atoms with E-state index >= 15 is 0 Å². The van der Waals surface area contributed by atoms with E-state index in [-0.39, 0.29) is 11.0 Å². The molecule has 0 aromatic heterocycles. The first-order chi connectivity index (χ1) is 8.75. The summed E-state index contributed by atoms with van der Waals surface area (Å²) in [4.78, 5) is 0. The molecule has 1 aromatic carbocycles. The Morgan fingerprint density at radius 1 is 1.16 bits per heavy atom. The molecule has 0 spiro atoms. The Morgan fingerprint density at radius 3 is 2.32 bits per heavy atom. The van der Waals surface area contributed by atoms with Crippen LogP contribution in [0, 0.1) is 11.3 Å². The van der Waals surface area contributed by atoms with Crippen LogP contribution in [0.3, 0.4) is 0 Å². The lowest BCUT2D eigenvalue weighted by Gasteiger charge is -2.56. The molecule has 1 heterocycles. The second-order valence-electron chi connectivity index (χ2n) is 6.86. The predicted molar refractivity (Wildman–Crippen MR) is 82.8 cm³/mol. The molecule has 1 atom stereocenters. The standard InChI is InChI=1S/C16H27N3/c1-12-10-11-19(16(4,5)15(12,2)3)18-14-8-6-13(17)7-9-14/h6-9,12,18H,10-11,17H2,1-5H3. The molecule has 3 heteroatoms. The lowest BCUT2D eigenvalue weighted by Crippen LogP contribution is -2.62. The molecule has 106 valence electrons. The minimum Gasteiger partial charge on any atom is -0.399 e. The number of benzene rings is 1. The summed E-state index contributed by atoms with van der Waals surface area (Å²) < 4.78 is 0. The van der Waals surface area contributed by atoms with Crippen molar-refractivity contribution in [1.82, 2.24) is 5.01 Å². The number of nitrogens with one attached hydrogen (secondary N) is 1. The van der Waals surface area contributed by atoms with Crippen LogP contribution in [-0.2, 0) is 0 Å². The fraction of sp³-hybridized carbons (Fsp3) is 0.625. The molecule has 0 bridgehead atoms. The van der Waals surface area contributed by atoms with Crippen molar-refractivity contribution in [2.45, 2.75) is 46.6 Å². The molecule has 0 amide bonds. The van der Waals surface area contributed by atoms with Crippen molar-refractivity contribution in [2.24, 2.45) is 11.3 Å². The van der Waals surface area contributed by atoms with Gasteiger partial charge in [0.05, 0.1) is 0 Å². The molecule has 1 fully saturated rings. The molecule has 1 aromatic rings. The van der Waals surface area contributed by atoms with Gasteiger partial charge in [-0.05, 0) is 55.9 Å². The van der Waals surface area contributed by atoms with E-state index in [1.807, 2.05) is 24.3 Å². The summed E-state index contributed by atoms with van der Waals surface area (Å²) in [5, 5.41) is 2.37. The van der Waals surface area contributed by atoms with Crippen molar-refractivity contribution in [1.29, 1.82) is 0 Å². The molecule has 0 radical (unpaired) electrons. The summed E-state index contributed by atoms with van der Waals surface area (Å²) in [5.41, 5.74) is 11.6. The van der Waals surface area contributed by atoms with E-state index in [1.54, 1.807) is 0 Å². The summed E-state index contributed by atoms with van der Waals surface area (Å²) in [6, 6.07) is 7.95. The Hall–Kier alpha value is -1.22. The first-order valence-electron chi connectivity index (χ1n) is 7.15. The average Bonchev–Trinajstić information content (AvgIpc) is 2.34. The van der Waals surface area contributed by atoms with Gasteiger partial charge < -0.3 is 11.2 Å². The zero-order valence-electron chi connectivity index (χ0n) is 12.8. The van der Waals surface area contributed by atoms with Crippen LogP contribution in [0.4, 0.5) is 11.4 Å².